The molecule has 1 aliphatic heterocycles. The highest BCUT2D eigenvalue weighted by Gasteiger charge is 2.39. The third kappa shape index (κ3) is 2.59. The van der Waals surface area contributed by atoms with Crippen LogP contribution in [0.25, 0.3) is 0 Å². The van der Waals surface area contributed by atoms with Crippen LogP contribution >= 0.6 is 11.3 Å². The first-order valence-corrected chi connectivity index (χ1v) is 7.80. The lowest BCUT2D eigenvalue weighted by Gasteiger charge is -2.41. The summed E-state index contributed by atoms with van der Waals surface area (Å²) in [7, 11) is 0. The van der Waals surface area contributed by atoms with E-state index in [0.29, 0.717) is 0 Å². The average molecular weight is 294 g/mol. The Bertz CT molecular complexity index is 536. The van der Waals surface area contributed by atoms with Gasteiger partial charge >= 0.3 is 0 Å². The third-order valence-corrected chi connectivity index (χ3v) is 4.83. The van der Waals surface area contributed by atoms with Crippen molar-refractivity contribution >= 4 is 23.2 Å². The molecule has 1 aromatic rings. The molecular formula is C15H22N2O2S. The second kappa shape index (κ2) is 5.56. The third-order valence-electron chi connectivity index (χ3n) is 3.85. The van der Waals surface area contributed by atoms with Crippen molar-refractivity contribution in [3.05, 3.63) is 21.4 Å². The fourth-order valence-electron chi connectivity index (χ4n) is 2.94. The zero-order chi connectivity index (χ0) is 15.0. The van der Waals surface area contributed by atoms with Crippen LogP contribution in [0.5, 0.6) is 0 Å². The van der Waals surface area contributed by atoms with Crippen LogP contribution in [0.15, 0.2) is 6.07 Å². The topological polar surface area (TPSA) is 49.4 Å². The Labute approximate surface area is 124 Å². The standard InChI is InChI=1S/C15H22N2O2S/c1-8(2)14-15(19)16-7-13(18)17(14)10(4)12-6-9(3)20-11(12)5/h6,8,10,14H,7H2,1-5H3,(H,16,19). The number of aryl methyl sites for hydroxylation is 2. The van der Waals surface area contributed by atoms with Crippen LogP contribution < -0.4 is 5.32 Å². The molecule has 4 nitrogen and oxygen atoms in total. The molecule has 1 aliphatic rings. The van der Waals surface area contributed by atoms with Crippen LogP contribution in [0, 0.1) is 19.8 Å². The molecule has 1 fully saturated rings. The maximum absolute atomic E-state index is 12.3. The molecule has 2 unspecified atom stereocenters. The lowest BCUT2D eigenvalue weighted by Crippen LogP contribution is -2.60. The lowest BCUT2D eigenvalue weighted by atomic mass is 9.95. The molecular weight excluding hydrogens is 272 g/mol. The number of hydrogen-bond acceptors (Lipinski definition) is 3. The van der Waals surface area contributed by atoms with Crippen molar-refractivity contribution in [1.29, 1.82) is 0 Å². The Balaban J connectivity index is 2.38. The van der Waals surface area contributed by atoms with Crippen LogP contribution in [0.3, 0.4) is 0 Å². The number of hydrogen-bond donors (Lipinski definition) is 1. The molecule has 0 bridgehead atoms. The van der Waals surface area contributed by atoms with Gasteiger partial charge in [0.2, 0.25) is 11.8 Å². The average Bonchev–Trinajstić information content (AvgIpc) is 2.69. The molecule has 2 atom stereocenters. The van der Waals surface area contributed by atoms with Gasteiger partial charge in [0.05, 0.1) is 12.6 Å². The van der Waals surface area contributed by atoms with E-state index in [2.05, 4.69) is 25.2 Å². The molecule has 1 saturated heterocycles. The van der Waals surface area contributed by atoms with Gasteiger partial charge in [-0.3, -0.25) is 9.59 Å². The number of nitrogens with one attached hydrogen (secondary N) is 1. The molecule has 2 rings (SSSR count). The Morgan fingerprint density at radius 3 is 2.45 bits per heavy atom. The monoisotopic (exact) mass is 294 g/mol. The molecule has 1 aromatic heterocycles. The maximum atomic E-state index is 12.3. The zero-order valence-corrected chi connectivity index (χ0v) is 13.5. The van der Waals surface area contributed by atoms with E-state index in [-0.39, 0.29) is 36.4 Å². The Hall–Kier alpha value is -1.36. The van der Waals surface area contributed by atoms with Crippen LogP contribution in [0.1, 0.15) is 42.1 Å². The molecule has 0 spiro atoms. The largest absolute Gasteiger partial charge is 0.345 e. The molecule has 0 aromatic carbocycles. The summed E-state index contributed by atoms with van der Waals surface area (Å²) in [4.78, 5) is 28.6. The predicted molar refractivity (Wildman–Crippen MR) is 80.7 cm³/mol. The highest BCUT2D eigenvalue weighted by atomic mass is 32.1. The van der Waals surface area contributed by atoms with Gasteiger partial charge < -0.3 is 10.2 Å². The van der Waals surface area contributed by atoms with Gasteiger partial charge in [-0.2, -0.15) is 0 Å². The highest BCUT2D eigenvalue weighted by molar-refractivity contribution is 7.12. The van der Waals surface area contributed by atoms with Gasteiger partial charge in [0.15, 0.2) is 0 Å². The Morgan fingerprint density at radius 2 is 1.95 bits per heavy atom. The van der Waals surface area contributed by atoms with Crippen LogP contribution in [-0.4, -0.2) is 29.3 Å². The van der Waals surface area contributed by atoms with Gasteiger partial charge in [0.1, 0.15) is 6.04 Å². The summed E-state index contributed by atoms with van der Waals surface area (Å²) in [5.74, 6) is 0.0526. The summed E-state index contributed by atoms with van der Waals surface area (Å²) in [6.45, 7) is 10.2. The summed E-state index contributed by atoms with van der Waals surface area (Å²) < 4.78 is 0. The van der Waals surface area contributed by atoms with Crippen molar-refractivity contribution in [2.45, 2.75) is 46.7 Å². The minimum Gasteiger partial charge on any atom is -0.345 e. The predicted octanol–water partition coefficient (Wildman–Crippen LogP) is 2.41. The minimum absolute atomic E-state index is 0.000877. The van der Waals surface area contributed by atoms with Gasteiger partial charge in [0.25, 0.3) is 0 Å². The van der Waals surface area contributed by atoms with Gasteiger partial charge in [-0.05, 0) is 38.3 Å². The first-order valence-electron chi connectivity index (χ1n) is 6.98. The fourth-order valence-corrected chi connectivity index (χ4v) is 3.95. The van der Waals surface area contributed by atoms with E-state index in [0.717, 1.165) is 5.56 Å². The van der Waals surface area contributed by atoms with E-state index in [9.17, 15) is 9.59 Å². The van der Waals surface area contributed by atoms with E-state index in [1.807, 2.05) is 20.8 Å². The van der Waals surface area contributed by atoms with Crippen molar-refractivity contribution in [3.63, 3.8) is 0 Å². The van der Waals surface area contributed by atoms with Crippen molar-refractivity contribution in [2.75, 3.05) is 6.54 Å². The molecule has 1 N–H and O–H groups in total. The second-order valence-corrected chi connectivity index (χ2v) is 7.21. The summed E-state index contributed by atoms with van der Waals surface area (Å²) in [6, 6.07) is 1.68. The normalized spacial score (nSPS) is 21.3. The highest BCUT2D eigenvalue weighted by Crippen LogP contribution is 2.33. The van der Waals surface area contributed by atoms with E-state index in [1.54, 1.807) is 16.2 Å². The summed E-state index contributed by atoms with van der Waals surface area (Å²) in [5, 5.41) is 2.69. The first-order chi connectivity index (χ1) is 9.32. The summed E-state index contributed by atoms with van der Waals surface area (Å²) in [6.07, 6.45) is 0. The first kappa shape index (κ1) is 15.0. The van der Waals surface area contributed by atoms with E-state index < -0.39 is 0 Å². The minimum atomic E-state index is -0.383. The number of amides is 2. The molecule has 0 aliphatic carbocycles. The lowest BCUT2D eigenvalue weighted by molar-refractivity contribution is -0.150. The van der Waals surface area contributed by atoms with E-state index >= 15 is 0 Å². The number of rotatable bonds is 3. The van der Waals surface area contributed by atoms with Gasteiger partial charge in [-0.15, -0.1) is 11.3 Å². The van der Waals surface area contributed by atoms with Crippen molar-refractivity contribution in [2.24, 2.45) is 5.92 Å². The number of nitrogens with zero attached hydrogens (tertiary/aromatic N) is 1. The zero-order valence-electron chi connectivity index (χ0n) is 12.7. The smallest absolute Gasteiger partial charge is 0.243 e. The molecule has 0 radical (unpaired) electrons. The quantitative estimate of drug-likeness (QED) is 0.930. The molecule has 2 heterocycles. The maximum Gasteiger partial charge on any atom is 0.243 e. The summed E-state index contributed by atoms with van der Waals surface area (Å²) >= 11 is 1.73. The van der Waals surface area contributed by atoms with Gasteiger partial charge in [-0.25, -0.2) is 0 Å². The molecule has 110 valence electrons. The fraction of sp³-hybridized carbons (Fsp3) is 0.600. The van der Waals surface area contributed by atoms with Crippen LogP contribution in [-0.2, 0) is 9.59 Å². The van der Waals surface area contributed by atoms with Gasteiger partial charge in [0, 0.05) is 9.75 Å². The van der Waals surface area contributed by atoms with Crippen molar-refractivity contribution < 1.29 is 9.59 Å². The molecule has 0 saturated carbocycles. The Kier molecular flexibility index (Phi) is 4.18. The van der Waals surface area contributed by atoms with Crippen molar-refractivity contribution in [1.82, 2.24) is 10.2 Å². The van der Waals surface area contributed by atoms with Crippen LogP contribution in [0.2, 0.25) is 0 Å². The molecule has 2 amide bonds. The molecule has 20 heavy (non-hydrogen) atoms. The van der Waals surface area contributed by atoms with Crippen LogP contribution in [0.4, 0.5) is 0 Å². The Morgan fingerprint density at radius 1 is 1.30 bits per heavy atom. The molecule has 5 heteroatoms. The van der Waals surface area contributed by atoms with E-state index in [4.69, 9.17) is 0 Å². The number of piperazine rings is 1. The van der Waals surface area contributed by atoms with Gasteiger partial charge in [-0.1, -0.05) is 13.8 Å². The van der Waals surface area contributed by atoms with E-state index in [1.165, 1.54) is 9.75 Å². The number of thiophene rings is 1. The van der Waals surface area contributed by atoms with Crippen molar-refractivity contribution in [3.8, 4) is 0 Å². The number of carbonyl (C=O) groups excluding carboxylic acids is 2. The number of carbonyl (C=O) groups is 2. The summed E-state index contributed by atoms with van der Waals surface area (Å²) in [5.41, 5.74) is 1.15. The second-order valence-electron chi connectivity index (χ2n) is 5.75. The SMILES string of the molecule is Cc1cc(C(C)N2C(=O)CNC(=O)C2C(C)C)c(C)s1.